The highest BCUT2D eigenvalue weighted by atomic mass is 32.1. The molecule has 0 unspecified atom stereocenters. The molecule has 6 nitrogen and oxygen atoms in total. The molecule has 0 aliphatic heterocycles. The second-order valence-corrected chi connectivity index (χ2v) is 6.54. The number of hydrogen-bond acceptors (Lipinski definition) is 6. The normalized spacial score (nSPS) is 10.5. The largest absolute Gasteiger partial charge is 0.497 e. The zero-order chi connectivity index (χ0) is 19.4. The molecule has 3 rings (SSSR count). The maximum Gasteiger partial charge on any atom is 0.348 e. The molecule has 1 aromatic heterocycles. The fraction of sp³-hybridized carbons (Fsp3) is 0.158. The third kappa shape index (κ3) is 4.17. The number of methoxy groups -OCH3 is 2. The molecule has 0 aliphatic rings. The van der Waals surface area contributed by atoms with Crippen LogP contribution in [0.5, 0.6) is 11.5 Å². The number of rotatable bonds is 6. The summed E-state index contributed by atoms with van der Waals surface area (Å²) in [5.41, 5.74) is 0.420. The van der Waals surface area contributed by atoms with Crippen molar-refractivity contribution in [1.82, 2.24) is 0 Å². The van der Waals surface area contributed by atoms with Crippen LogP contribution in [-0.2, 0) is 9.53 Å². The summed E-state index contributed by atoms with van der Waals surface area (Å²) in [5.74, 6) is -0.638. The Kier molecular flexibility index (Phi) is 5.56. The maximum absolute atomic E-state index is 13.7. The summed E-state index contributed by atoms with van der Waals surface area (Å²) in [6.45, 7) is -0.481. The van der Waals surface area contributed by atoms with Crippen molar-refractivity contribution in [2.45, 2.75) is 0 Å². The first-order chi connectivity index (χ1) is 13.0. The minimum atomic E-state index is -0.688. The van der Waals surface area contributed by atoms with Crippen LogP contribution in [0.3, 0.4) is 0 Å². The molecule has 0 fully saturated rings. The van der Waals surface area contributed by atoms with Gasteiger partial charge in [-0.2, -0.15) is 0 Å². The molecule has 2 aromatic carbocycles. The molecule has 0 bridgehead atoms. The number of nitrogens with one attached hydrogen (secondary N) is 1. The third-order valence-corrected chi connectivity index (χ3v) is 4.81. The minimum Gasteiger partial charge on any atom is -0.497 e. The fourth-order valence-electron chi connectivity index (χ4n) is 2.42. The Labute approximate surface area is 158 Å². The van der Waals surface area contributed by atoms with E-state index in [0.717, 1.165) is 11.3 Å². The molecule has 0 spiro atoms. The zero-order valence-corrected chi connectivity index (χ0v) is 15.4. The number of amides is 1. The van der Waals surface area contributed by atoms with Crippen LogP contribution in [0, 0.1) is 5.82 Å². The van der Waals surface area contributed by atoms with Gasteiger partial charge in [0.15, 0.2) is 6.61 Å². The van der Waals surface area contributed by atoms with Gasteiger partial charge in [0.05, 0.1) is 19.9 Å². The molecule has 140 valence electrons. The van der Waals surface area contributed by atoms with Crippen molar-refractivity contribution in [2.75, 3.05) is 26.1 Å². The van der Waals surface area contributed by atoms with E-state index in [4.69, 9.17) is 14.2 Å². The summed E-state index contributed by atoms with van der Waals surface area (Å²) in [4.78, 5) is 24.4. The highest BCUT2D eigenvalue weighted by molar-refractivity contribution is 7.20. The average molecular weight is 389 g/mol. The molecule has 3 aromatic rings. The molecule has 0 atom stereocenters. The van der Waals surface area contributed by atoms with Crippen molar-refractivity contribution in [2.24, 2.45) is 0 Å². The van der Waals surface area contributed by atoms with Gasteiger partial charge in [-0.3, -0.25) is 4.79 Å². The number of hydrogen-bond donors (Lipinski definition) is 1. The molecule has 27 heavy (non-hydrogen) atoms. The number of ether oxygens (including phenoxy) is 3. The van der Waals surface area contributed by atoms with Gasteiger partial charge in [0.2, 0.25) is 0 Å². The van der Waals surface area contributed by atoms with Gasteiger partial charge < -0.3 is 19.5 Å². The Morgan fingerprint density at radius 1 is 1.11 bits per heavy atom. The summed E-state index contributed by atoms with van der Waals surface area (Å²) >= 11 is 1.11. The average Bonchev–Trinajstić information content (AvgIpc) is 3.12. The molecular weight excluding hydrogens is 373 g/mol. The molecule has 0 radical (unpaired) electrons. The molecule has 0 saturated carbocycles. The number of fused-ring (bicyclic) bond motifs is 1. The molecular formula is C19H16FNO5S. The molecule has 1 heterocycles. The van der Waals surface area contributed by atoms with Gasteiger partial charge in [-0.15, -0.1) is 11.3 Å². The first kappa shape index (κ1) is 18.7. The number of anilines is 1. The van der Waals surface area contributed by atoms with Gasteiger partial charge in [0.25, 0.3) is 5.91 Å². The predicted molar refractivity (Wildman–Crippen MR) is 100 cm³/mol. The van der Waals surface area contributed by atoms with Gasteiger partial charge in [0.1, 0.15) is 22.2 Å². The van der Waals surface area contributed by atoms with Crippen LogP contribution in [-0.4, -0.2) is 32.7 Å². The second-order valence-electron chi connectivity index (χ2n) is 5.45. The van der Waals surface area contributed by atoms with E-state index in [9.17, 15) is 14.0 Å². The van der Waals surface area contributed by atoms with Crippen LogP contribution < -0.4 is 14.8 Å². The third-order valence-electron chi connectivity index (χ3n) is 3.73. The van der Waals surface area contributed by atoms with Gasteiger partial charge in [-0.25, -0.2) is 9.18 Å². The first-order valence-corrected chi connectivity index (χ1v) is 8.70. The lowest BCUT2D eigenvalue weighted by molar-refractivity contribution is -0.119. The Morgan fingerprint density at radius 3 is 2.63 bits per heavy atom. The molecule has 8 heteroatoms. The fourth-order valence-corrected chi connectivity index (χ4v) is 3.39. The van der Waals surface area contributed by atoms with E-state index < -0.39 is 24.3 Å². The summed E-state index contributed by atoms with van der Waals surface area (Å²) in [5, 5.41) is 2.95. The maximum atomic E-state index is 13.7. The van der Waals surface area contributed by atoms with E-state index in [1.165, 1.54) is 26.4 Å². The number of esters is 1. The van der Waals surface area contributed by atoms with Gasteiger partial charge in [-0.05, 0) is 30.3 Å². The van der Waals surface area contributed by atoms with Crippen molar-refractivity contribution in [3.63, 3.8) is 0 Å². The zero-order valence-electron chi connectivity index (χ0n) is 14.6. The van der Waals surface area contributed by atoms with Gasteiger partial charge in [0, 0.05) is 16.2 Å². The van der Waals surface area contributed by atoms with Gasteiger partial charge >= 0.3 is 5.97 Å². The van der Waals surface area contributed by atoms with Crippen molar-refractivity contribution in [3.05, 3.63) is 53.2 Å². The SMILES string of the molecule is COc1ccc(NC(=O)COC(=O)c2cc3c(F)cccc3s2)c(OC)c1. The molecule has 0 aliphatic carbocycles. The summed E-state index contributed by atoms with van der Waals surface area (Å²) in [6.07, 6.45) is 0. The van der Waals surface area contributed by atoms with Crippen molar-refractivity contribution in [3.8, 4) is 11.5 Å². The van der Waals surface area contributed by atoms with Crippen molar-refractivity contribution < 1.29 is 28.2 Å². The van der Waals surface area contributed by atoms with Crippen LogP contribution in [0.15, 0.2) is 42.5 Å². The highest BCUT2D eigenvalue weighted by Crippen LogP contribution is 2.29. The number of carbonyl (C=O) groups is 2. The summed E-state index contributed by atoms with van der Waals surface area (Å²) in [6, 6.07) is 10.9. The second kappa shape index (κ2) is 8.05. The number of benzene rings is 2. The van der Waals surface area contributed by atoms with Crippen LogP contribution >= 0.6 is 11.3 Å². The molecule has 1 N–H and O–H groups in total. The van der Waals surface area contributed by atoms with E-state index >= 15 is 0 Å². The van der Waals surface area contributed by atoms with Crippen LogP contribution in [0.4, 0.5) is 10.1 Å². The topological polar surface area (TPSA) is 73.9 Å². The van der Waals surface area contributed by atoms with E-state index in [1.807, 2.05) is 0 Å². The number of carbonyl (C=O) groups excluding carboxylic acids is 2. The Bertz CT molecular complexity index is 1000. The van der Waals surface area contributed by atoms with Crippen LogP contribution in [0.25, 0.3) is 10.1 Å². The Balaban J connectivity index is 1.63. The smallest absolute Gasteiger partial charge is 0.348 e. The van der Waals surface area contributed by atoms with E-state index in [2.05, 4.69) is 5.32 Å². The van der Waals surface area contributed by atoms with E-state index in [-0.39, 0.29) is 4.88 Å². The lowest BCUT2D eigenvalue weighted by Crippen LogP contribution is -2.20. The Morgan fingerprint density at radius 2 is 1.93 bits per heavy atom. The molecule has 1 amide bonds. The standard InChI is InChI=1S/C19H16FNO5S/c1-24-11-6-7-14(15(8-11)25-2)21-18(22)10-26-19(23)17-9-12-13(20)4-3-5-16(12)27-17/h3-9H,10H2,1-2H3,(H,21,22). The van der Waals surface area contributed by atoms with Gasteiger partial charge in [-0.1, -0.05) is 6.07 Å². The lowest BCUT2D eigenvalue weighted by atomic mass is 10.2. The quantitative estimate of drug-likeness (QED) is 0.648. The lowest BCUT2D eigenvalue weighted by Gasteiger charge is -2.11. The number of thiophene rings is 1. The first-order valence-electron chi connectivity index (χ1n) is 7.89. The van der Waals surface area contributed by atoms with Crippen LogP contribution in [0.1, 0.15) is 9.67 Å². The van der Waals surface area contributed by atoms with Crippen molar-refractivity contribution in [1.29, 1.82) is 0 Å². The minimum absolute atomic E-state index is 0.227. The van der Waals surface area contributed by atoms with E-state index in [0.29, 0.717) is 27.3 Å². The van der Waals surface area contributed by atoms with E-state index in [1.54, 1.807) is 30.3 Å². The Hall–Kier alpha value is -3.13. The summed E-state index contributed by atoms with van der Waals surface area (Å²) in [7, 11) is 2.98. The summed E-state index contributed by atoms with van der Waals surface area (Å²) < 4.78 is 29.7. The molecule has 0 saturated heterocycles. The van der Waals surface area contributed by atoms with Crippen LogP contribution in [0.2, 0.25) is 0 Å². The predicted octanol–water partition coefficient (Wildman–Crippen LogP) is 3.85. The monoisotopic (exact) mass is 389 g/mol. The highest BCUT2D eigenvalue weighted by Gasteiger charge is 2.16. The number of halogens is 1. The van der Waals surface area contributed by atoms with Crippen molar-refractivity contribution >= 4 is 39.0 Å².